The molecule has 0 aliphatic heterocycles. The highest BCUT2D eigenvalue weighted by Gasteiger charge is 2.34. The lowest BCUT2D eigenvalue weighted by molar-refractivity contribution is -0.137. The zero-order chi connectivity index (χ0) is 20.0. The number of halogens is 3. The quantitative estimate of drug-likeness (QED) is 0.733. The highest BCUT2D eigenvalue weighted by atomic mass is 32.2. The number of anilines is 1. The van der Waals surface area contributed by atoms with Crippen LogP contribution in [0.3, 0.4) is 0 Å². The summed E-state index contributed by atoms with van der Waals surface area (Å²) in [6.07, 6.45) is -4.68. The van der Waals surface area contributed by atoms with E-state index >= 15 is 0 Å². The number of hydrogen-bond donors (Lipinski definition) is 1. The molecular formula is C15H19F3N4O3S. The van der Waals surface area contributed by atoms with Crippen LogP contribution in [-0.2, 0) is 21.2 Å². The molecule has 0 saturated carbocycles. The summed E-state index contributed by atoms with van der Waals surface area (Å²) in [5, 5.41) is 10.6. The average molecular weight is 392 g/mol. The van der Waals surface area contributed by atoms with Gasteiger partial charge in [0.05, 0.1) is 23.9 Å². The first-order chi connectivity index (χ1) is 12.0. The Morgan fingerprint density at radius 2 is 1.92 bits per heavy atom. The second-order valence-electron chi connectivity index (χ2n) is 5.26. The van der Waals surface area contributed by atoms with Crippen molar-refractivity contribution < 1.29 is 26.4 Å². The molecule has 0 fully saturated rings. The first-order valence-electron chi connectivity index (χ1n) is 7.58. The third-order valence-corrected chi connectivity index (χ3v) is 5.45. The topological polar surface area (TPSA) is 93.5 Å². The fourth-order valence-corrected chi connectivity index (χ4v) is 3.39. The number of nitrogens with one attached hydrogen (secondary N) is 1. The van der Waals surface area contributed by atoms with Gasteiger partial charge in [0.2, 0.25) is 5.91 Å². The van der Waals surface area contributed by atoms with Gasteiger partial charge in [-0.3, -0.25) is 4.79 Å². The molecule has 1 rings (SSSR count). The van der Waals surface area contributed by atoms with Gasteiger partial charge < -0.3 is 5.32 Å². The maximum Gasteiger partial charge on any atom is 0.418 e. The molecule has 0 aromatic heterocycles. The van der Waals surface area contributed by atoms with Crippen LogP contribution < -0.4 is 5.32 Å². The molecule has 0 saturated heterocycles. The van der Waals surface area contributed by atoms with E-state index < -0.39 is 40.1 Å². The van der Waals surface area contributed by atoms with E-state index in [4.69, 9.17) is 5.26 Å². The predicted molar refractivity (Wildman–Crippen MR) is 89.1 cm³/mol. The number of para-hydroxylation sites is 1. The van der Waals surface area contributed by atoms with E-state index in [-0.39, 0.29) is 19.5 Å². The second-order valence-corrected chi connectivity index (χ2v) is 7.29. The van der Waals surface area contributed by atoms with Gasteiger partial charge in [0, 0.05) is 26.6 Å². The van der Waals surface area contributed by atoms with Gasteiger partial charge >= 0.3 is 6.18 Å². The van der Waals surface area contributed by atoms with Crippen LogP contribution >= 0.6 is 0 Å². The summed E-state index contributed by atoms with van der Waals surface area (Å²) in [5.41, 5.74) is -1.47. The fraction of sp³-hybridized carbons (Fsp3) is 0.467. The third-order valence-electron chi connectivity index (χ3n) is 3.44. The third kappa shape index (κ3) is 5.69. The first kappa shape index (κ1) is 21.9. The smallest absolute Gasteiger partial charge is 0.324 e. The lowest BCUT2D eigenvalue weighted by atomic mass is 10.1. The summed E-state index contributed by atoms with van der Waals surface area (Å²) in [5.74, 6) is -0.902. The molecule has 0 heterocycles. The minimum absolute atomic E-state index is 0.0293. The van der Waals surface area contributed by atoms with Gasteiger partial charge in [-0.1, -0.05) is 19.1 Å². The number of nitriles is 1. The molecule has 144 valence electrons. The number of alkyl halides is 3. The Labute approximate surface area is 150 Å². The van der Waals surface area contributed by atoms with E-state index in [1.165, 1.54) is 26.1 Å². The number of hydrogen-bond acceptors (Lipinski definition) is 4. The molecule has 1 aromatic rings. The van der Waals surface area contributed by atoms with E-state index in [1.807, 2.05) is 6.07 Å². The van der Waals surface area contributed by atoms with Crippen molar-refractivity contribution in [3.05, 3.63) is 29.8 Å². The Morgan fingerprint density at radius 3 is 2.46 bits per heavy atom. The lowest BCUT2D eigenvalue weighted by Crippen LogP contribution is -2.45. The van der Waals surface area contributed by atoms with Gasteiger partial charge in [0.1, 0.15) is 0 Å². The molecule has 0 radical (unpaired) electrons. The van der Waals surface area contributed by atoms with Crippen molar-refractivity contribution in [3.8, 4) is 6.07 Å². The summed E-state index contributed by atoms with van der Waals surface area (Å²) in [4.78, 5) is 12.1. The summed E-state index contributed by atoms with van der Waals surface area (Å²) < 4.78 is 65.3. The Balaban J connectivity index is 2.91. The molecule has 0 bridgehead atoms. The molecule has 1 N–H and O–H groups in total. The molecule has 1 aromatic carbocycles. The normalized spacial score (nSPS) is 12.2. The van der Waals surface area contributed by atoms with E-state index in [0.717, 1.165) is 20.7 Å². The minimum atomic E-state index is -4.65. The maximum absolute atomic E-state index is 13.0. The van der Waals surface area contributed by atoms with Gasteiger partial charge in [-0.25, -0.2) is 0 Å². The van der Waals surface area contributed by atoms with Crippen LogP contribution in [0.2, 0.25) is 0 Å². The number of carbonyl (C=O) groups excluding carboxylic acids is 1. The van der Waals surface area contributed by atoms with Gasteiger partial charge in [0.15, 0.2) is 0 Å². The second kappa shape index (κ2) is 8.98. The SMILES string of the molecule is CCN(CC(=O)Nc1ccccc1C(F)(F)F)S(=O)(=O)N(C)CCC#N. The molecule has 0 spiro atoms. The van der Waals surface area contributed by atoms with Crippen molar-refractivity contribution in [1.29, 1.82) is 5.26 Å². The van der Waals surface area contributed by atoms with Gasteiger partial charge in [-0.2, -0.15) is 35.5 Å². The molecule has 11 heteroatoms. The molecule has 1 amide bonds. The first-order valence-corrected chi connectivity index (χ1v) is 8.98. The number of nitrogens with zero attached hydrogens (tertiary/aromatic N) is 3. The molecule has 0 unspecified atom stereocenters. The Hall–Kier alpha value is -2.16. The van der Waals surface area contributed by atoms with Gasteiger partial charge in [0.25, 0.3) is 10.2 Å². The van der Waals surface area contributed by atoms with E-state index in [2.05, 4.69) is 5.32 Å². The van der Waals surface area contributed by atoms with Crippen LogP contribution in [0, 0.1) is 11.3 Å². The number of likely N-dealkylation sites (N-methyl/N-ethyl adjacent to an activating group) is 1. The minimum Gasteiger partial charge on any atom is -0.324 e. The van der Waals surface area contributed by atoms with Gasteiger partial charge in [-0.05, 0) is 12.1 Å². The van der Waals surface area contributed by atoms with Crippen LogP contribution in [0.1, 0.15) is 18.9 Å². The number of amides is 1. The molecule has 7 nitrogen and oxygen atoms in total. The van der Waals surface area contributed by atoms with E-state index in [1.54, 1.807) is 0 Å². The van der Waals surface area contributed by atoms with Crippen LogP contribution in [0.4, 0.5) is 18.9 Å². The van der Waals surface area contributed by atoms with Crippen molar-refractivity contribution in [2.75, 3.05) is 32.0 Å². The summed E-state index contributed by atoms with van der Waals surface area (Å²) in [6.45, 7) is 0.718. The van der Waals surface area contributed by atoms with Crippen molar-refractivity contribution in [3.63, 3.8) is 0 Å². The Kier molecular flexibility index (Phi) is 7.55. The van der Waals surface area contributed by atoms with Crippen molar-refractivity contribution in [1.82, 2.24) is 8.61 Å². The monoisotopic (exact) mass is 392 g/mol. The predicted octanol–water partition coefficient (Wildman–Crippen LogP) is 2.06. The Morgan fingerprint density at radius 1 is 1.31 bits per heavy atom. The number of carbonyl (C=O) groups is 1. The summed E-state index contributed by atoms with van der Waals surface area (Å²) in [7, 11) is -2.76. The zero-order valence-corrected chi connectivity index (χ0v) is 15.1. The number of rotatable bonds is 8. The average Bonchev–Trinajstić information content (AvgIpc) is 2.56. The molecule has 0 aliphatic rings. The van der Waals surface area contributed by atoms with Crippen LogP contribution in [-0.4, -0.2) is 49.6 Å². The lowest BCUT2D eigenvalue weighted by Gasteiger charge is -2.25. The Bertz CT molecular complexity index is 775. The van der Waals surface area contributed by atoms with Crippen molar-refractivity contribution >= 4 is 21.8 Å². The van der Waals surface area contributed by atoms with Crippen molar-refractivity contribution in [2.45, 2.75) is 19.5 Å². The van der Waals surface area contributed by atoms with Crippen molar-refractivity contribution in [2.24, 2.45) is 0 Å². The largest absolute Gasteiger partial charge is 0.418 e. The zero-order valence-electron chi connectivity index (χ0n) is 14.2. The molecular weight excluding hydrogens is 373 g/mol. The molecule has 0 atom stereocenters. The van der Waals surface area contributed by atoms with Gasteiger partial charge in [-0.15, -0.1) is 0 Å². The van der Waals surface area contributed by atoms with E-state index in [0.29, 0.717) is 0 Å². The fourth-order valence-electron chi connectivity index (χ4n) is 2.07. The number of benzene rings is 1. The van der Waals surface area contributed by atoms with E-state index in [9.17, 15) is 26.4 Å². The molecule has 0 aliphatic carbocycles. The highest BCUT2D eigenvalue weighted by Crippen LogP contribution is 2.34. The van der Waals surface area contributed by atoms with Crippen LogP contribution in [0.25, 0.3) is 0 Å². The summed E-state index contributed by atoms with van der Waals surface area (Å²) >= 11 is 0. The summed E-state index contributed by atoms with van der Waals surface area (Å²) in [6, 6.07) is 6.23. The standard InChI is InChI=1S/C15H19F3N4O3S/c1-3-22(26(24,25)21(2)10-6-9-19)11-14(23)20-13-8-5-4-7-12(13)15(16,17)18/h4-5,7-8H,3,6,10-11H2,1-2H3,(H,20,23). The van der Waals surface area contributed by atoms with Crippen LogP contribution in [0.15, 0.2) is 24.3 Å². The maximum atomic E-state index is 13.0. The van der Waals surface area contributed by atoms with Crippen LogP contribution in [0.5, 0.6) is 0 Å². The highest BCUT2D eigenvalue weighted by molar-refractivity contribution is 7.86. The molecule has 26 heavy (non-hydrogen) atoms.